The third-order valence-corrected chi connectivity index (χ3v) is 9.55. The minimum absolute atomic E-state index is 0.00377. The van der Waals surface area contributed by atoms with Crippen molar-refractivity contribution in [1.29, 1.82) is 0 Å². The molecule has 0 atom stereocenters. The molecule has 0 N–H and O–H groups in total. The highest BCUT2D eigenvalue weighted by atomic mass is 14.4. The first-order valence-electron chi connectivity index (χ1n) is 13.3. The van der Waals surface area contributed by atoms with Crippen molar-refractivity contribution in [3.05, 3.63) is 118 Å². The molecule has 5 aromatic carbocycles. The van der Waals surface area contributed by atoms with Crippen LogP contribution in [0.1, 0.15) is 61.1 Å². The van der Waals surface area contributed by atoms with Gasteiger partial charge in [0, 0.05) is 10.8 Å². The molecular weight excluding hydrogens is 432 g/mol. The monoisotopic (exact) mass is 462 g/mol. The Kier molecular flexibility index (Phi) is 3.75. The Balaban J connectivity index is 1.31. The third kappa shape index (κ3) is 2.40. The van der Waals surface area contributed by atoms with Crippen LogP contribution in [0, 0.1) is 0 Å². The lowest BCUT2D eigenvalue weighted by atomic mass is 9.80. The molecular formula is C36H30. The van der Waals surface area contributed by atoms with Crippen LogP contribution < -0.4 is 0 Å². The van der Waals surface area contributed by atoms with Gasteiger partial charge in [0.25, 0.3) is 0 Å². The van der Waals surface area contributed by atoms with Crippen LogP contribution in [-0.2, 0) is 23.7 Å². The Hall–Kier alpha value is -3.64. The predicted octanol–water partition coefficient (Wildman–Crippen LogP) is 9.22. The highest BCUT2D eigenvalue weighted by Gasteiger charge is 2.39. The molecule has 0 heterocycles. The van der Waals surface area contributed by atoms with Gasteiger partial charge in [-0.1, -0.05) is 100 Å². The van der Waals surface area contributed by atoms with E-state index in [-0.39, 0.29) is 10.8 Å². The molecule has 0 amide bonds. The van der Waals surface area contributed by atoms with Crippen molar-refractivity contribution in [3.8, 4) is 33.4 Å². The smallest absolute Gasteiger partial charge is 0.0159 e. The van der Waals surface area contributed by atoms with Crippen LogP contribution in [0.4, 0.5) is 0 Å². The SMILES string of the molecule is CC1(C)c2ccccc2-c2ccc(-c3ccc4c(c3)C(C)(C)c3cc5c6c(cccc6c3-4)CC5)cc21. The second-order valence-corrected chi connectivity index (χ2v) is 12.1. The number of hydrogen-bond acceptors (Lipinski definition) is 0. The summed E-state index contributed by atoms with van der Waals surface area (Å²) in [5, 5.41) is 2.97. The summed E-state index contributed by atoms with van der Waals surface area (Å²) in [5.74, 6) is 0. The van der Waals surface area contributed by atoms with Crippen LogP contribution in [-0.4, -0.2) is 0 Å². The standard InChI is InChI=1S/C36H30/c1-35(2)29-11-6-5-9-25(29)26-16-14-22(18-30(26)35)23-15-17-27-31(19-23)36(3,4)32-20-24-13-12-21-8-7-10-28(33(21)24)34(27)32/h5-11,14-20H,12-13H2,1-4H3. The number of benzene rings is 5. The molecule has 0 aliphatic heterocycles. The third-order valence-electron chi connectivity index (χ3n) is 9.55. The summed E-state index contributed by atoms with van der Waals surface area (Å²) in [6.07, 6.45) is 2.36. The van der Waals surface area contributed by atoms with Gasteiger partial charge in [0.2, 0.25) is 0 Å². The van der Waals surface area contributed by atoms with E-state index in [2.05, 4.69) is 113 Å². The van der Waals surface area contributed by atoms with Crippen LogP contribution in [0.15, 0.2) is 84.9 Å². The van der Waals surface area contributed by atoms with E-state index in [1.165, 1.54) is 84.8 Å². The first-order chi connectivity index (χ1) is 17.4. The lowest BCUT2D eigenvalue weighted by molar-refractivity contribution is 0.659. The van der Waals surface area contributed by atoms with E-state index < -0.39 is 0 Å². The maximum atomic E-state index is 2.53. The summed E-state index contributed by atoms with van der Waals surface area (Å²) in [7, 11) is 0. The lowest BCUT2D eigenvalue weighted by Crippen LogP contribution is -2.15. The van der Waals surface area contributed by atoms with Crippen molar-refractivity contribution in [2.75, 3.05) is 0 Å². The molecule has 0 radical (unpaired) electrons. The van der Waals surface area contributed by atoms with E-state index >= 15 is 0 Å². The van der Waals surface area contributed by atoms with Crippen molar-refractivity contribution in [2.24, 2.45) is 0 Å². The molecule has 36 heavy (non-hydrogen) atoms. The second kappa shape index (κ2) is 6.56. The minimum Gasteiger partial charge on any atom is -0.0619 e. The van der Waals surface area contributed by atoms with E-state index in [9.17, 15) is 0 Å². The van der Waals surface area contributed by atoms with Gasteiger partial charge in [-0.15, -0.1) is 0 Å². The number of fused-ring (bicyclic) bond motifs is 7. The number of hydrogen-bond donors (Lipinski definition) is 0. The Morgan fingerprint density at radius 3 is 1.94 bits per heavy atom. The highest BCUT2D eigenvalue weighted by Crippen LogP contribution is 2.54. The molecule has 174 valence electrons. The molecule has 0 bridgehead atoms. The van der Waals surface area contributed by atoms with Crippen LogP contribution in [0.5, 0.6) is 0 Å². The fourth-order valence-corrected chi connectivity index (χ4v) is 7.60. The topological polar surface area (TPSA) is 0 Å². The van der Waals surface area contributed by atoms with Gasteiger partial charge in [0.05, 0.1) is 0 Å². The zero-order valence-electron chi connectivity index (χ0n) is 21.5. The van der Waals surface area contributed by atoms with Gasteiger partial charge in [-0.25, -0.2) is 0 Å². The summed E-state index contributed by atoms with van der Waals surface area (Å²) in [4.78, 5) is 0. The van der Waals surface area contributed by atoms with Gasteiger partial charge in [-0.2, -0.15) is 0 Å². The molecule has 5 aromatic rings. The minimum atomic E-state index is -0.00377. The van der Waals surface area contributed by atoms with Crippen molar-refractivity contribution >= 4 is 10.8 Å². The zero-order valence-corrected chi connectivity index (χ0v) is 21.5. The molecule has 0 saturated heterocycles. The Bertz CT molecular complexity index is 1780. The fourth-order valence-electron chi connectivity index (χ4n) is 7.60. The average Bonchev–Trinajstić information content (AvgIpc) is 3.48. The van der Waals surface area contributed by atoms with Crippen LogP contribution in [0.3, 0.4) is 0 Å². The largest absolute Gasteiger partial charge is 0.0619 e. The van der Waals surface area contributed by atoms with Crippen molar-refractivity contribution in [1.82, 2.24) is 0 Å². The molecule has 0 saturated carbocycles. The van der Waals surface area contributed by atoms with Crippen molar-refractivity contribution in [3.63, 3.8) is 0 Å². The van der Waals surface area contributed by atoms with E-state index in [0.29, 0.717) is 0 Å². The van der Waals surface area contributed by atoms with Crippen LogP contribution in [0.2, 0.25) is 0 Å². The lowest BCUT2D eigenvalue weighted by Gasteiger charge is -2.23. The molecule has 0 nitrogen and oxygen atoms in total. The van der Waals surface area contributed by atoms with Crippen molar-refractivity contribution < 1.29 is 0 Å². The summed E-state index contributed by atoms with van der Waals surface area (Å²) >= 11 is 0. The average molecular weight is 463 g/mol. The molecule has 0 unspecified atom stereocenters. The molecule has 0 fully saturated rings. The predicted molar refractivity (Wildman–Crippen MR) is 152 cm³/mol. The van der Waals surface area contributed by atoms with E-state index in [4.69, 9.17) is 0 Å². The Labute approximate surface area is 213 Å². The van der Waals surface area contributed by atoms with Crippen molar-refractivity contribution in [2.45, 2.75) is 51.4 Å². The summed E-state index contributed by atoms with van der Waals surface area (Å²) in [6, 6.07) is 32.7. The summed E-state index contributed by atoms with van der Waals surface area (Å²) < 4.78 is 0. The second-order valence-electron chi connectivity index (χ2n) is 12.1. The number of rotatable bonds is 1. The van der Waals surface area contributed by atoms with E-state index in [1.807, 2.05) is 0 Å². The van der Waals surface area contributed by atoms with E-state index in [1.54, 1.807) is 5.56 Å². The number of aryl methyl sites for hydroxylation is 2. The van der Waals surface area contributed by atoms with Gasteiger partial charge in [-0.3, -0.25) is 0 Å². The van der Waals surface area contributed by atoms with Gasteiger partial charge >= 0.3 is 0 Å². The molecule has 8 rings (SSSR count). The molecule has 0 aromatic heterocycles. The van der Waals surface area contributed by atoms with Gasteiger partial charge in [0.15, 0.2) is 0 Å². The van der Waals surface area contributed by atoms with Gasteiger partial charge in [0.1, 0.15) is 0 Å². The molecule has 3 aliphatic rings. The zero-order chi connectivity index (χ0) is 24.4. The first kappa shape index (κ1) is 20.5. The first-order valence-corrected chi connectivity index (χ1v) is 13.3. The van der Waals surface area contributed by atoms with Gasteiger partial charge in [-0.05, 0) is 103 Å². The Morgan fingerprint density at radius 1 is 0.500 bits per heavy atom. The fraction of sp³-hybridized carbons (Fsp3) is 0.222. The molecule has 0 spiro atoms. The Morgan fingerprint density at radius 2 is 1.14 bits per heavy atom. The van der Waals surface area contributed by atoms with Gasteiger partial charge < -0.3 is 0 Å². The summed E-state index contributed by atoms with van der Waals surface area (Å²) in [5.41, 5.74) is 17.2. The van der Waals surface area contributed by atoms with Crippen LogP contribution >= 0.6 is 0 Å². The van der Waals surface area contributed by atoms with E-state index in [0.717, 1.165) is 0 Å². The quantitative estimate of drug-likeness (QED) is 0.233. The maximum Gasteiger partial charge on any atom is 0.0159 e. The maximum absolute atomic E-state index is 2.53. The normalized spacial score (nSPS) is 17.1. The molecule has 0 heteroatoms. The molecule has 3 aliphatic carbocycles. The highest BCUT2D eigenvalue weighted by molar-refractivity contribution is 6.06. The summed E-state index contributed by atoms with van der Waals surface area (Å²) in [6.45, 7) is 9.57. The van der Waals surface area contributed by atoms with Crippen LogP contribution in [0.25, 0.3) is 44.2 Å².